The Bertz CT molecular complexity index is 537. The summed E-state index contributed by atoms with van der Waals surface area (Å²) in [6.45, 7) is 3.99. The van der Waals surface area contributed by atoms with Crippen LogP contribution in [0.2, 0.25) is 0 Å². The average molecular weight is 247 g/mol. The molecule has 96 valence electrons. The largest absolute Gasteiger partial charge is 0.462 e. The third-order valence-corrected chi connectivity index (χ3v) is 4.29. The summed E-state index contributed by atoms with van der Waals surface area (Å²) in [5.74, 6) is -0.156. The smallest absolute Gasteiger partial charge is 0.340 e. The van der Waals surface area contributed by atoms with E-state index in [1.165, 1.54) is 0 Å². The zero-order valence-electron chi connectivity index (χ0n) is 10.8. The van der Waals surface area contributed by atoms with Gasteiger partial charge in [0.15, 0.2) is 5.78 Å². The van der Waals surface area contributed by atoms with E-state index in [-0.39, 0.29) is 17.2 Å². The first kappa shape index (κ1) is 11.5. The summed E-state index contributed by atoms with van der Waals surface area (Å²) in [6, 6.07) is 0. The van der Waals surface area contributed by atoms with Gasteiger partial charge < -0.3 is 9.72 Å². The maximum absolute atomic E-state index is 12.1. The van der Waals surface area contributed by atoms with Gasteiger partial charge in [-0.25, -0.2) is 4.79 Å². The van der Waals surface area contributed by atoms with Crippen molar-refractivity contribution in [2.24, 2.45) is 0 Å². The van der Waals surface area contributed by atoms with Gasteiger partial charge in [-0.05, 0) is 26.7 Å². The van der Waals surface area contributed by atoms with E-state index >= 15 is 0 Å². The Balaban J connectivity index is 2.14. The summed E-state index contributed by atoms with van der Waals surface area (Å²) < 4.78 is 5.12. The van der Waals surface area contributed by atoms with Crippen LogP contribution in [0.4, 0.5) is 0 Å². The van der Waals surface area contributed by atoms with Gasteiger partial charge in [-0.15, -0.1) is 0 Å². The van der Waals surface area contributed by atoms with Crippen molar-refractivity contribution in [2.75, 3.05) is 6.61 Å². The lowest BCUT2D eigenvalue weighted by atomic mass is 9.64. The minimum atomic E-state index is -0.298. The second-order valence-electron chi connectivity index (χ2n) is 5.33. The molecule has 1 fully saturated rings. The van der Waals surface area contributed by atoms with Crippen molar-refractivity contribution >= 4 is 11.8 Å². The lowest BCUT2D eigenvalue weighted by Gasteiger charge is -2.38. The third-order valence-electron chi connectivity index (χ3n) is 4.29. The molecule has 1 N–H and O–H groups in total. The topological polar surface area (TPSA) is 59.2 Å². The Kier molecular flexibility index (Phi) is 2.37. The van der Waals surface area contributed by atoms with E-state index in [2.05, 4.69) is 4.98 Å². The highest BCUT2D eigenvalue weighted by Gasteiger charge is 2.51. The number of carbonyl (C=O) groups is 2. The molecule has 0 amide bonds. The molecule has 2 aliphatic carbocycles. The van der Waals surface area contributed by atoms with Gasteiger partial charge in [0, 0.05) is 23.1 Å². The van der Waals surface area contributed by atoms with Gasteiger partial charge in [-0.1, -0.05) is 6.42 Å². The average Bonchev–Trinajstić information content (AvgIpc) is 2.73. The highest BCUT2D eigenvalue weighted by Crippen LogP contribution is 2.54. The minimum Gasteiger partial charge on any atom is -0.462 e. The zero-order valence-corrected chi connectivity index (χ0v) is 10.8. The number of hydrogen-bond donors (Lipinski definition) is 1. The first-order valence-electron chi connectivity index (χ1n) is 6.52. The number of Topliss-reactive ketones (excluding diaryl/α,β-unsaturated/α-hetero) is 1. The molecule has 4 nitrogen and oxygen atoms in total. The molecule has 18 heavy (non-hydrogen) atoms. The van der Waals surface area contributed by atoms with Crippen molar-refractivity contribution in [3.05, 3.63) is 22.5 Å². The Morgan fingerprint density at radius 2 is 2.17 bits per heavy atom. The van der Waals surface area contributed by atoms with Gasteiger partial charge in [0.05, 0.1) is 17.9 Å². The molecule has 0 aliphatic heterocycles. The van der Waals surface area contributed by atoms with E-state index in [9.17, 15) is 9.59 Å². The molecule has 2 aliphatic rings. The van der Waals surface area contributed by atoms with E-state index in [1.54, 1.807) is 6.92 Å². The summed E-state index contributed by atoms with van der Waals surface area (Å²) in [5.41, 5.74) is 2.89. The van der Waals surface area contributed by atoms with Gasteiger partial charge in [0.25, 0.3) is 0 Å². The van der Waals surface area contributed by atoms with Crippen LogP contribution in [0.15, 0.2) is 0 Å². The van der Waals surface area contributed by atoms with Gasteiger partial charge in [0.2, 0.25) is 0 Å². The Labute approximate surface area is 106 Å². The van der Waals surface area contributed by atoms with Crippen LogP contribution in [0.3, 0.4) is 0 Å². The molecule has 0 bridgehead atoms. The number of nitrogens with one attached hydrogen (secondary N) is 1. The number of fused-ring (bicyclic) bond motifs is 2. The normalized spacial score (nSPS) is 19.8. The number of aryl methyl sites for hydroxylation is 1. The molecule has 0 radical (unpaired) electrons. The second kappa shape index (κ2) is 3.70. The van der Waals surface area contributed by atoms with Crippen molar-refractivity contribution < 1.29 is 14.3 Å². The number of H-pyrrole nitrogens is 1. The minimum absolute atomic E-state index is 0.0702. The van der Waals surface area contributed by atoms with Crippen LogP contribution in [-0.4, -0.2) is 23.3 Å². The lowest BCUT2D eigenvalue weighted by molar-refractivity contribution is 0.0519. The van der Waals surface area contributed by atoms with Gasteiger partial charge >= 0.3 is 5.97 Å². The van der Waals surface area contributed by atoms with Crippen molar-refractivity contribution in [1.29, 1.82) is 0 Å². The fourth-order valence-corrected chi connectivity index (χ4v) is 3.34. The number of ketones is 1. The summed E-state index contributed by atoms with van der Waals surface area (Å²) in [6.07, 6.45) is 3.71. The maximum atomic E-state index is 12.1. The number of hydrogen-bond acceptors (Lipinski definition) is 3. The molecule has 0 atom stereocenters. The predicted octanol–water partition coefficient (Wildman–Crippen LogP) is 2.51. The summed E-state index contributed by atoms with van der Waals surface area (Å²) in [5, 5.41) is 0. The van der Waals surface area contributed by atoms with Crippen LogP contribution in [0.25, 0.3) is 0 Å². The monoisotopic (exact) mass is 247 g/mol. The molecule has 0 aromatic carbocycles. The fourth-order valence-electron chi connectivity index (χ4n) is 3.34. The first-order valence-corrected chi connectivity index (χ1v) is 6.52. The van der Waals surface area contributed by atoms with Crippen molar-refractivity contribution in [3.8, 4) is 0 Å². The number of esters is 1. The summed E-state index contributed by atoms with van der Waals surface area (Å²) in [7, 11) is 0. The second-order valence-corrected chi connectivity index (χ2v) is 5.33. The SMILES string of the molecule is CCOC(=O)c1c(C)[nH]c2c1C1(CCC1)CC2=O. The molecular formula is C14H17NO3. The fraction of sp³-hybridized carbons (Fsp3) is 0.571. The number of carbonyl (C=O) groups excluding carboxylic acids is 2. The summed E-state index contributed by atoms with van der Waals surface area (Å²) >= 11 is 0. The quantitative estimate of drug-likeness (QED) is 0.817. The molecule has 1 spiro atoms. The molecule has 1 heterocycles. The highest BCUT2D eigenvalue weighted by molar-refractivity contribution is 6.06. The van der Waals surface area contributed by atoms with Crippen LogP contribution in [0.1, 0.15) is 64.7 Å². The molecule has 4 heteroatoms. The highest BCUT2D eigenvalue weighted by atomic mass is 16.5. The molecule has 0 saturated heterocycles. The number of aromatic amines is 1. The Hall–Kier alpha value is -1.58. The van der Waals surface area contributed by atoms with Gasteiger partial charge in [0.1, 0.15) is 0 Å². The molecule has 0 unspecified atom stereocenters. The van der Waals surface area contributed by atoms with Crippen LogP contribution in [-0.2, 0) is 10.2 Å². The molecule has 1 aromatic heterocycles. The predicted molar refractivity (Wildman–Crippen MR) is 66.0 cm³/mol. The standard InChI is InChI=1S/C14H17NO3/c1-3-18-13(17)10-8(2)15-12-9(16)7-14(11(10)12)5-4-6-14/h15H,3-7H2,1-2H3. The van der Waals surface area contributed by atoms with Crippen molar-refractivity contribution in [2.45, 2.75) is 44.9 Å². The zero-order chi connectivity index (χ0) is 12.9. The van der Waals surface area contributed by atoms with E-state index in [1.807, 2.05) is 6.92 Å². The molecule has 1 saturated carbocycles. The van der Waals surface area contributed by atoms with Crippen molar-refractivity contribution in [3.63, 3.8) is 0 Å². The lowest BCUT2D eigenvalue weighted by Crippen LogP contribution is -2.33. The third kappa shape index (κ3) is 1.32. The van der Waals surface area contributed by atoms with Crippen LogP contribution >= 0.6 is 0 Å². The van der Waals surface area contributed by atoms with E-state index < -0.39 is 0 Å². The van der Waals surface area contributed by atoms with Crippen LogP contribution < -0.4 is 0 Å². The van der Waals surface area contributed by atoms with E-state index in [0.717, 1.165) is 30.5 Å². The van der Waals surface area contributed by atoms with Gasteiger partial charge in [-0.3, -0.25) is 4.79 Å². The van der Waals surface area contributed by atoms with Crippen LogP contribution in [0, 0.1) is 6.92 Å². The van der Waals surface area contributed by atoms with Crippen LogP contribution in [0.5, 0.6) is 0 Å². The molecule has 3 rings (SSSR count). The number of aromatic nitrogens is 1. The van der Waals surface area contributed by atoms with E-state index in [4.69, 9.17) is 4.74 Å². The Morgan fingerprint density at radius 3 is 2.72 bits per heavy atom. The van der Waals surface area contributed by atoms with Crippen molar-refractivity contribution in [1.82, 2.24) is 4.98 Å². The Morgan fingerprint density at radius 1 is 1.44 bits per heavy atom. The number of rotatable bonds is 2. The summed E-state index contributed by atoms with van der Waals surface area (Å²) in [4.78, 5) is 27.2. The first-order chi connectivity index (χ1) is 8.59. The molecule has 1 aromatic rings. The molecular weight excluding hydrogens is 230 g/mol. The van der Waals surface area contributed by atoms with Gasteiger partial charge in [-0.2, -0.15) is 0 Å². The van der Waals surface area contributed by atoms with E-state index in [0.29, 0.717) is 24.3 Å². The maximum Gasteiger partial charge on any atom is 0.340 e. The number of ether oxygens (including phenoxy) is 1.